The number of rotatable bonds is 2. The molecule has 0 aliphatic rings. The second-order valence-corrected chi connectivity index (χ2v) is 4.72. The van der Waals surface area contributed by atoms with Crippen LogP contribution in [0.25, 0.3) is 11.0 Å². The highest BCUT2D eigenvalue weighted by molar-refractivity contribution is 6.30. The molecule has 1 aromatic heterocycles. The maximum Gasteiger partial charge on any atom is 0.326 e. The van der Waals surface area contributed by atoms with E-state index in [1.54, 1.807) is 24.3 Å². The molecular weight excluding hydrogens is 267 g/mol. The molecule has 0 spiro atoms. The van der Waals surface area contributed by atoms with Gasteiger partial charge < -0.3 is 4.98 Å². The molecule has 0 amide bonds. The molecule has 0 bridgehead atoms. The molecule has 0 fully saturated rings. The molecule has 2 aromatic carbocycles. The molecule has 0 aliphatic carbocycles. The number of aromatic nitrogens is 2. The van der Waals surface area contributed by atoms with E-state index >= 15 is 0 Å². The Bertz CT molecular complexity index is 789. The summed E-state index contributed by atoms with van der Waals surface area (Å²) < 4.78 is 15.2. The zero-order valence-electron chi connectivity index (χ0n) is 9.86. The lowest BCUT2D eigenvalue weighted by atomic mass is 10.2. The van der Waals surface area contributed by atoms with Gasteiger partial charge in [-0.2, -0.15) is 0 Å². The van der Waals surface area contributed by atoms with Crippen LogP contribution in [0, 0.1) is 5.82 Å². The van der Waals surface area contributed by atoms with Crippen molar-refractivity contribution in [3.63, 3.8) is 0 Å². The number of benzene rings is 2. The van der Waals surface area contributed by atoms with Crippen molar-refractivity contribution in [3.8, 4) is 0 Å². The highest BCUT2D eigenvalue weighted by Gasteiger charge is 2.11. The van der Waals surface area contributed by atoms with E-state index in [1.807, 2.05) is 12.1 Å². The predicted molar refractivity (Wildman–Crippen MR) is 73.1 cm³/mol. The third-order valence-electron chi connectivity index (χ3n) is 3.00. The fourth-order valence-corrected chi connectivity index (χ4v) is 2.22. The minimum Gasteiger partial charge on any atom is -0.305 e. The summed E-state index contributed by atoms with van der Waals surface area (Å²) in [6, 6.07) is 11.7. The first-order valence-electron chi connectivity index (χ1n) is 5.76. The van der Waals surface area contributed by atoms with Crippen LogP contribution >= 0.6 is 11.6 Å². The third-order valence-corrected chi connectivity index (χ3v) is 3.25. The summed E-state index contributed by atoms with van der Waals surface area (Å²) >= 11 is 5.81. The molecule has 96 valence electrons. The minimum atomic E-state index is -0.412. The summed E-state index contributed by atoms with van der Waals surface area (Å²) in [6.07, 6.45) is 0. The molecule has 0 atom stereocenters. The molecule has 3 rings (SSSR count). The predicted octanol–water partition coefficient (Wildman–Crippen LogP) is 3.17. The van der Waals surface area contributed by atoms with E-state index in [9.17, 15) is 9.18 Å². The lowest BCUT2D eigenvalue weighted by molar-refractivity contribution is 0.626. The maximum absolute atomic E-state index is 13.8. The highest BCUT2D eigenvalue weighted by Crippen LogP contribution is 2.16. The number of fused-ring (bicyclic) bond motifs is 1. The fraction of sp³-hybridized carbons (Fsp3) is 0.0714. The third kappa shape index (κ3) is 2.15. The number of nitrogens with one attached hydrogen (secondary N) is 1. The van der Waals surface area contributed by atoms with Crippen LogP contribution < -0.4 is 5.69 Å². The Hall–Kier alpha value is -2.07. The molecule has 3 aromatic rings. The van der Waals surface area contributed by atoms with Gasteiger partial charge in [0.05, 0.1) is 12.1 Å². The van der Waals surface area contributed by atoms with E-state index in [4.69, 9.17) is 11.6 Å². The van der Waals surface area contributed by atoms with Crippen LogP contribution in [0.1, 0.15) is 5.56 Å². The second kappa shape index (κ2) is 4.55. The van der Waals surface area contributed by atoms with E-state index < -0.39 is 5.82 Å². The molecule has 3 nitrogen and oxygen atoms in total. The molecule has 0 radical (unpaired) electrons. The molecule has 5 heteroatoms. The van der Waals surface area contributed by atoms with Gasteiger partial charge >= 0.3 is 5.69 Å². The van der Waals surface area contributed by atoms with E-state index in [2.05, 4.69) is 4.98 Å². The Morgan fingerprint density at radius 1 is 1.16 bits per heavy atom. The topological polar surface area (TPSA) is 37.8 Å². The van der Waals surface area contributed by atoms with Crippen LogP contribution in [-0.2, 0) is 6.54 Å². The summed E-state index contributed by atoms with van der Waals surface area (Å²) in [5.41, 5.74) is 1.35. The van der Waals surface area contributed by atoms with Crippen molar-refractivity contribution in [2.75, 3.05) is 0 Å². The van der Waals surface area contributed by atoms with Gasteiger partial charge in [0, 0.05) is 5.02 Å². The number of hydrogen-bond donors (Lipinski definition) is 1. The summed E-state index contributed by atoms with van der Waals surface area (Å²) in [7, 11) is 0. The monoisotopic (exact) mass is 276 g/mol. The van der Waals surface area contributed by atoms with Gasteiger partial charge in [0.2, 0.25) is 0 Å². The number of hydrogen-bond acceptors (Lipinski definition) is 1. The Balaban J connectivity index is 2.12. The standard InChI is InChI=1S/C14H10ClFN2O/c15-10-6-4-9(5-7-10)8-18-13-11(16)2-1-3-12(13)17-14(18)19/h1-7H,8H2,(H,17,19). The van der Waals surface area contributed by atoms with Crippen molar-refractivity contribution < 1.29 is 4.39 Å². The smallest absolute Gasteiger partial charge is 0.305 e. The van der Waals surface area contributed by atoms with Crippen LogP contribution in [0.3, 0.4) is 0 Å². The summed E-state index contributed by atoms with van der Waals surface area (Å²) in [5, 5.41) is 0.626. The van der Waals surface area contributed by atoms with Crippen LogP contribution in [0.2, 0.25) is 5.02 Å². The first-order chi connectivity index (χ1) is 9.15. The number of imidazole rings is 1. The number of para-hydroxylation sites is 1. The number of nitrogens with zero attached hydrogens (tertiary/aromatic N) is 1. The Labute approximate surface area is 113 Å². The van der Waals surface area contributed by atoms with Gasteiger partial charge in [0.15, 0.2) is 0 Å². The van der Waals surface area contributed by atoms with Crippen LogP contribution in [-0.4, -0.2) is 9.55 Å². The van der Waals surface area contributed by atoms with Crippen LogP contribution in [0.15, 0.2) is 47.3 Å². The molecule has 0 unspecified atom stereocenters. The van der Waals surface area contributed by atoms with E-state index in [-0.39, 0.29) is 5.69 Å². The molecule has 19 heavy (non-hydrogen) atoms. The normalized spacial score (nSPS) is 11.1. The lowest BCUT2D eigenvalue weighted by Crippen LogP contribution is -2.17. The summed E-state index contributed by atoms with van der Waals surface area (Å²) in [6.45, 7) is 0.303. The van der Waals surface area contributed by atoms with Gasteiger partial charge in [-0.1, -0.05) is 29.8 Å². The molecule has 1 N–H and O–H groups in total. The molecule has 0 saturated heterocycles. The van der Waals surface area contributed by atoms with E-state index in [0.717, 1.165) is 5.56 Å². The summed E-state index contributed by atoms with van der Waals surface area (Å²) in [5.74, 6) is -0.412. The zero-order valence-corrected chi connectivity index (χ0v) is 10.6. The number of halogens is 2. The van der Waals surface area contributed by atoms with E-state index in [1.165, 1.54) is 10.6 Å². The van der Waals surface area contributed by atoms with Crippen molar-refractivity contribution in [2.45, 2.75) is 6.54 Å². The highest BCUT2D eigenvalue weighted by atomic mass is 35.5. The maximum atomic E-state index is 13.8. The van der Waals surface area contributed by atoms with Crippen molar-refractivity contribution in [1.29, 1.82) is 0 Å². The number of H-pyrrole nitrogens is 1. The van der Waals surface area contributed by atoms with Gasteiger partial charge in [-0.05, 0) is 29.8 Å². The minimum absolute atomic E-state index is 0.294. The van der Waals surface area contributed by atoms with Gasteiger partial charge in [-0.25, -0.2) is 9.18 Å². The quantitative estimate of drug-likeness (QED) is 0.767. The SMILES string of the molecule is O=c1[nH]c2cccc(F)c2n1Cc1ccc(Cl)cc1. The van der Waals surface area contributed by atoms with Gasteiger partial charge in [-0.3, -0.25) is 4.57 Å². The van der Waals surface area contributed by atoms with Crippen LogP contribution in [0.4, 0.5) is 4.39 Å². The summed E-state index contributed by atoms with van der Waals surface area (Å²) in [4.78, 5) is 14.5. The number of aromatic amines is 1. The van der Waals surface area contributed by atoms with Gasteiger partial charge in [0.1, 0.15) is 11.3 Å². The Kier molecular flexibility index (Phi) is 2.87. The molecule has 1 heterocycles. The molecule has 0 saturated carbocycles. The second-order valence-electron chi connectivity index (χ2n) is 4.28. The van der Waals surface area contributed by atoms with Crippen molar-refractivity contribution >= 4 is 22.6 Å². The first kappa shape index (κ1) is 12.0. The van der Waals surface area contributed by atoms with E-state index in [0.29, 0.717) is 22.6 Å². The largest absolute Gasteiger partial charge is 0.326 e. The van der Waals surface area contributed by atoms with Gasteiger partial charge in [0.25, 0.3) is 0 Å². The fourth-order valence-electron chi connectivity index (χ4n) is 2.10. The average Bonchev–Trinajstić information content (AvgIpc) is 2.70. The first-order valence-corrected chi connectivity index (χ1v) is 6.14. The molecular formula is C14H10ClFN2O. The van der Waals surface area contributed by atoms with Crippen molar-refractivity contribution in [1.82, 2.24) is 9.55 Å². The lowest BCUT2D eigenvalue weighted by Gasteiger charge is -2.04. The molecule has 0 aliphatic heterocycles. The zero-order chi connectivity index (χ0) is 13.4. The van der Waals surface area contributed by atoms with Crippen molar-refractivity contribution in [2.24, 2.45) is 0 Å². The Morgan fingerprint density at radius 2 is 1.89 bits per heavy atom. The van der Waals surface area contributed by atoms with Crippen molar-refractivity contribution in [3.05, 3.63) is 69.4 Å². The Morgan fingerprint density at radius 3 is 2.63 bits per heavy atom. The average molecular weight is 277 g/mol. The van der Waals surface area contributed by atoms with Gasteiger partial charge in [-0.15, -0.1) is 0 Å². The van der Waals surface area contributed by atoms with Crippen LogP contribution in [0.5, 0.6) is 0 Å².